The Kier molecular flexibility index (Phi) is 4.29. The van der Waals surface area contributed by atoms with Crippen molar-refractivity contribution >= 4 is 21.6 Å². The minimum Gasteiger partial charge on any atom is -0.490 e. The lowest BCUT2D eigenvalue weighted by Gasteiger charge is -2.29. The van der Waals surface area contributed by atoms with Gasteiger partial charge in [0, 0.05) is 19.7 Å². The van der Waals surface area contributed by atoms with Crippen LogP contribution in [0.2, 0.25) is 0 Å². The zero-order valence-electron chi connectivity index (χ0n) is 13.5. The first-order valence-corrected chi connectivity index (χ1v) is 8.91. The molecule has 0 atom stereocenters. The molecule has 126 valence electrons. The molecule has 1 aliphatic rings. The van der Waals surface area contributed by atoms with Crippen LogP contribution in [0.5, 0.6) is 5.75 Å². The minimum atomic E-state index is -3.50. The molecule has 0 saturated heterocycles. The standard InChI is InChI=1S/C17H18N2O4S/c1-18(2)24(21,22)14-9-7-13(8-10-14)17(20)19-11-12-23-16-6-4-3-5-15(16)19/h3-10H,11-12H2,1-2H3. The number of benzene rings is 2. The van der Waals surface area contributed by atoms with E-state index in [1.54, 1.807) is 4.90 Å². The van der Waals surface area contributed by atoms with E-state index in [9.17, 15) is 13.2 Å². The first-order chi connectivity index (χ1) is 11.4. The Morgan fingerprint density at radius 3 is 2.42 bits per heavy atom. The molecule has 3 rings (SSSR count). The van der Waals surface area contributed by atoms with Crippen LogP contribution in [0.4, 0.5) is 5.69 Å². The van der Waals surface area contributed by atoms with Crippen molar-refractivity contribution in [3.05, 3.63) is 54.1 Å². The summed E-state index contributed by atoms with van der Waals surface area (Å²) in [4.78, 5) is 14.6. The van der Waals surface area contributed by atoms with E-state index >= 15 is 0 Å². The summed E-state index contributed by atoms with van der Waals surface area (Å²) >= 11 is 0. The number of hydrogen-bond donors (Lipinski definition) is 0. The van der Waals surface area contributed by atoms with Crippen LogP contribution in [0, 0.1) is 0 Å². The zero-order chi connectivity index (χ0) is 17.3. The molecular formula is C17H18N2O4S. The summed E-state index contributed by atoms with van der Waals surface area (Å²) in [5.74, 6) is 0.489. The molecule has 7 heteroatoms. The summed E-state index contributed by atoms with van der Waals surface area (Å²) in [5.41, 5.74) is 1.16. The molecule has 1 amide bonds. The normalized spacial score (nSPS) is 14.2. The van der Waals surface area contributed by atoms with Gasteiger partial charge in [0.1, 0.15) is 12.4 Å². The van der Waals surface area contributed by atoms with Crippen molar-refractivity contribution in [2.75, 3.05) is 32.1 Å². The van der Waals surface area contributed by atoms with Crippen LogP contribution in [0.3, 0.4) is 0 Å². The third-order valence-corrected chi connectivity index (χ3v) is 5.68. The van der Waals surface area contributed by atoms with E-state index in [1.165, 1.54) is 38.4 Å². The summed E-state index contributed by atoms with van der Waals surface area (Å²) in [5, 5.41) is 0. The second kappa shape index (κ2) is 6.26. The lowest BCUT2D eigenvalue weighted by atomic mass is 10.1. The average molecular weight is 346 g/mol. The maximum Gasteiger partial charge on any atom is 0.258 e. The molecule has 6 nitrogen and oxygen atoms in total. The molecule has 2 aromatic rings. The van der Waals surface area contributed by atoms with Gasteiger partial charge < -0.3 is 9.64 Å². The van der Waals surface area contributed by atoms with Gasteiger partial charge in [-0.1, -0.05) is 12.1 Å². The van der Waals surface area contributed by atoms with Gasteiger partial charge in [0.15, 0.2) is 0 Å². The number of amides is 1. The third kappa shape index (κ3) is 2.88. The molecule has 0 spiro atoms. The summed E-state index contributed by atoms with van der Waals surface area (Å²) in [6, 6.07) is 13.3. The molecule has 0 aliphatic carbocycles. The van der Waals surface area contributed by atoms with Crippen molar-refractivity contribution in [2.24, 2.45) is 0 Å². The SMILES string of the molecule is CN(C)S(=O)(=O)c1ccc(C(=O)N2CCOc3ccccc32)cc1. The fourth-order valence-corrected chi connectivity index (χ4v) is 3.42. The minimum absolute atomic E-state index is 0.159. The van der Waals surface area contributed by atoms with E-state index in [2.05, 4.69) is 0 Å². The smallest absolute Gasteiger partial charge is 0.258 e. The highest BCUT2D eigenvalue weighted by Gasteiger charge is 2.25. The number of nitrogens with zero attached hydrogens (tertiary/aromatic N) is 2. The number of fused-ring (bicyclic) bond motifs is 1. The predicted octanol–water partition coefficient (Wildman–Crippen LogP) is 1.98. The highest BCUT2D eigenvalue weighted by Crippen LogP contribution is 2.32. The van der Waals surface area contributed by atoms with Gasteiger partial charge in [-0.05, 0) is 36.4 Å². The Morgan fingerprint density at radius 2 is 1.75 bits per heavy atom. The second-order valence-corrected chi connectivity index (χ2v) is 7.74. The highest BCUT2D eigenvalue weighted by atomic mass is 32.2. The monoisotopic (exact) mass is 346 g/mol. The summed E-state index contributed by atoms with van der Waals surface area (Å²) in [6.45, 7) is 0.878. The van der Waals surface area contributed by atoms with Gasteiger partial charge in [0.2, 0.25) is 10.0 Å². The van der Waals surface area contributed by atoms with Gasteiger partial charge in [-0.2, -0.15) is 0 Å². The van der Waals surface area contributed by atoms with E-state index in [1.807, 2.05) is 24.3 Å². The van der Waals surface area contributed by atoms with E-state index < -0.39 is 10.0 Å². The van der Waals surface area contributed by atoms with Crippen LogP contribution in [0.25, 0.3) is 0 Å². The van der Waals surface area contributed by atoms with Crippen molar-refractivity contribution < 1.29 is 17.9 Å². The molecule has 2 aromatic carbocycles. The molecule has 1 aliphatic heterocycles. The van der Waals surface area contributed by atoms with Gasteiger partial charge in [-0.25, -0.2) is 12.7 Å². The number of para-hydroxylation sites is 2. The van der Waals surface area contributed by atoms with Crippen LogP contribution in [0.1, 0.15) is 10.4 Å². The third-order valence-electron chi connectivity index (χ3n) is 3.85. The topological polar surface area (TPSA) is 66.9 Å². The molecule has 0 N–H and O–H groups in total. The Hall–Kier alpha value is -2.38. The maximum absolute atomic E-state index is 12.8. The average Bonchev–Trinajstić information content (AvgIpc) is 2.60. The Balaban J connectivity index is 1.90. The van der Waals surface area contributed by atoms with Gasteiger partial charge in [-0.3, -0.25) is 4.79 Å². The molecule has 24 heavy (non-hydrogen) atoms. The molecule has 0 bridgehead atoms. The van der Waals surface area contributed by atoms with Crippen molar-refractivity contribution in [3.8, 4) is 5.75 Å². The molecule has 0 fully saturated rings. The molecule has 0 aromatic heterocycles. The first kappa shape index (κ1) is 16.5. The van der Waals surface area contributed by atoms with Crippen LogP contribution in [-0.4, -0.2) is 45.9 Å². The number of carbonyl (C=O) groups excluding carboxylic acids is 1. The molecule has 0 unspecified atom stereocenters. The molecule has 0 radical (unpaired) electrons. The Morgan fingerprint density at radius 1 is 1.08 bits per heavy atom. The quantitative estimate of drug-likeness (QED) is 0.852. The van der Waals surface area contributed by atoms with E-state index in [0.29, 0.717) is 24.5 Å². The van der Waals surface area contributed by atoms with Gasteiger partial charge in [0.05, 0.1) is 17.1 Å². The van der Waals surface area contributed by atoms with Crippen molar-refractivity contribution in [2.45, 2.75) is 4.90 Å². The molecule has 0 saturated carbocycles. The summed E-state index contributed by atoms with van der Waals surface area (Å²) in [7, 11) is -0.562. The lowest BCUT2D eigenvalue weighted by Crippen LogP contribution is -2.37. The number of ether oxygens (including phenoxy) is 1. The largest absolute Gasteiger partial charge is 0.490 e. The van der Waals surface area contributed by atoms with Crippen molar-refractivity contribution in [1.82, 2.24) is 4.31 Å². The van der Waals surface area contributed by atoms with Gasteiger partial charge >= 0.3 is 0 Å². The van der Waals surface area contributed by atoms with Crippen LogP contribution < -0.4 is 9.64 Å². The number of sulfonamides is 1. The second-order valence-electron chi connectivity index (χ2n) is 5.58. The van der Waals surface area contributed by atoms with Crippen LogP contribution in [-0.2, 0) is 10.0 Å². The summed E-state index contributed by atoms with van der Waals surface area (Å²) < 4.78 is 30.9. The number of rotatable bonds is 3. The molecular weight excluding hydrogens is 328 g/mol. The van der Waals surface area contributed by atoms with Crippen molar-refractivity contribution in [1.29, 1.82) is 0 Å². The van der Waals surface area contributed by atoms with E-state index in [-0.39, 0.29) is 10.8 Å². The van der Waals surface area contributed by atoms with Crippen molar-refractivity contribution in [3.63, 3.8) is 0 Å². The van der Waals surface area contributed by atoms with Crippen LogP contribution in [0.15, 0.2) is 53.4 Å². The van der Waals surface area contributed by atoms with E-state index in [0.717, 1.165) is 9.99 Å². The van der Waals surface area contributed by atoms with Gasteiger partial charge in [0.25, 0.3) is 5.91 Å². The number of carbonyl (C=O) groups is 1. The zero-order valence-corrected chi connectivity index (χ0v) is 14.3. The Labute approximate surface area is 141 Å². The van der Waals surface area contributed by atoms with Crippen LogP contribution >= 0.6 is 0 Å². The summed E-state index contributed by atoms with van der Waals surface area (Å²) in [6.07, 6.45) is 0. The fourth-order valence-electron chi connectivity index (χ4n) is 2.52. The first-order valence-electron chi connectivity index (χ1n) is 7.47. The molecule has 1 heterocycles. The number of anilines is 1. The van der Waals surface area contributed by atoms with E-state index in [4.69, 9.17) is 4.74 Å². The highest BCUT2D eigenvalue weighted by molar-refractivity contribution is 7.89. The maximum atomic E-state index is 12.8. The Bertz CT molecular complexity index is 860. The number of hydrogen-bond acceptors (Lipinski definition) is 4. The fraction of sp³-hybridized carbons (Fsp3) is 0.235. The lowest BCUT2D eigenvalue weighted by molar-refractivity contribution is 0.0976. The predicted molar refractivity (Wildman–Crippen MR) is 90.9 cm³/mol. The van der Waals surface area contributed by atoms with Gasteiger partial charge in [-0.15, -0.1) is 0 Å².